The van der Waals surface area contributed by atoms with Crippen molar-refractivity contribution in [1.29, 1.82) is 0 Å². The summed E-state index contributed by atoms with van der Waals surface area (Å²) in [4.78, 5) is 18.2. The van der Waals surface area contributed by atoms with Gasteiger partial charge in [-0.1, -0.05) is 30.3 Å². The number of carboxylic acid groups (broad SMARTS) is 2. The van der Waals surface area contributed by atoms with Crippen molar-refractivity contribution >= 4 is 11.9 Å². The summed E-state index contributed by atoms with van der Waals surface area (Å²) < 4.78 is 18.0. The number of hydrogen-bond acceptors (Lipinski definition) is 4. The predicted molar refractivity (Wildman–Crippen MR) is 90.1 cm³/mol. The van der Waals surface area contributed by atoms with Gasteiger partial charge in [0.1, 0.15) is 11.6 Å². The first kappa shape index (κ1) is 20.1. The van der Waals surface area contributed by atoms with Crippen molar-refractivity contribution in [2.24, 2.45) is 0 Å². The van der Waals surface area contributed by atoms with E-state index < -0.39 is 11.9 Å². The summed E-state index contributed by atoms with van der Waals surface area (Å²) in [7, 11) is 1.68. The fourth-order valence-electron chi connectivity index (χ4n) is 1.96. The predicted octanol–water partition coefficient (Wildman–Crippen LogP) is 2.32. The lowest BCUT2D eigenvalue weighted by molar-refractivity contribution is -0.159. The molecule has 2 aromatic rings. The maximum atomic E-state index is 12.8. The first-order valence-corrected chi connectivity index (χ1v) is 7.47. The van der Waals surface area contributed by atoms with Crippen LogP contribution in [0.25, 0.3) is 0 Å². The summed E-state index contributed by atoms with van der Waals surface area (Å²) in [6.07, 6.45) is 0.884. The van der Waals surface area contributed by atoms with E-state index in [1.807, 2.05) is 36.4 Å². The van der Waals surface area contributed by atoms with E-state index in [0.29, 0.717) is 0 Å². The van der Waals surface area contributed by atoms with E-state index in [9.17, 15) is 4.39 Å². The smallest absolute Gasteiger partial charge is 0.414 e. The van der Waals surface area contributed by atoms with Crippen LogP contribution < -0.4 is 10.1 Å². The number of nitrogens with one attached hydrogen (secondary N) is 1. The van der Waals surface area contributed by atoms with E-state index in [4.69, 9.17) is 24.5 Å². The first-order chi connectivity index (χ1) is 11.9. The monoisotopic (exact) mass is 349 g/mol. The van der Waals surface area contributed by atoms with E-state index in [-0.39, 0.29) is 5.82 Å². The van der Waals surface area contributed by atoms with Gasteiger partial charge in [-0.05, 0) is 36.7 Å². The number of methoxy groups -OCH3 is 1. The third kappa shape index (κ3) is 7.94. The van der Waals surface area contributed by atoms with Gasteiger partial charge < -0.3 is 20.3 Å². The van der Waals surface area contributed by atoms with Gasteiger partial charge in [0, 0.05) is 12.1 Å². The van der Waals surface area contributed by atoms with Crippen molar-refractivity contribution in [2.75, 3.05) is 13.7 Å². The number of halogens is 1. The number of aliphatic carboxylic acids is 2. The number of hydrogen-bond donors (Lipinski definition) is 3. The Morgan fingerprint density at radius 1 is 1.04 bits per heavy atom. The number of rotatable bonds is 6. The summed E-state index contributed by atoms with van der Waals surface area (Å²) in [6, 6.07) is 14.6. The lowest BCUT2D eigenvalue weighted by Gasteiger charge is -2.09. The third-order valence-electron chi connectivity index (χ3n) is 3.19. The molecule has 0 saturated carbocycles. The highest BCUT2D eigenvalue weighted by molar-refractivity contribution is 6.27. The SMILES string of the molecule is COc1ccccc1CNCCc1ccc(F)cc1.O=C(O)C(=O)O. The fourth-order valence-corrected chi connectivity index (χ4v) is 1.96. The first-order valence-electron chi connectivity index (χ1n) is 7.47. The molecule has 0 spiro atoms. The van der Waals surface area contributed by atoms with E-state index >= 15 is 0 Å². The van der Waals surface area contributed by atoms with Crippen molar-refractivity contribution in [2.45, 2.75) is 13.0 Å². The van der Waals surface area contributed by atoms with E-state index in [1.165, 1.54) is 12.1 Å². The average molecular weight is 349 g/mol. The van der Waals surface area contributed by atoms with Gasteiger partial charge in [0.05, 0.1) is 7.11 Å². The molecule has 0 fully saturated rings. The van der Waals surface area contributed by atoms with Crippen LogP contribution in [0.15, 0.2) is 48.5 Å². The molecule has 7 heteroatoms. The lowest BCUT2D eigenvalue weighted by Crippen LogP contribution is -2.17. The molecule has 2 rings (SSSR count). The van der Waals surface area contributed by atoms with Crippen molar-refractivity contribution in [3.63, 3.8) is 0 Å². The van der Waals surface area contributed by atoms with Gasteiger partial charge in [-0.2, -0.15) is 0 Å². The Labute approximate surface area is 144 Å². The van der Waals surface area contributed by atoms with Crippen LogP contribution in [0.4, 0.5) is 4.39 Å². The van der Waals surface area contributed by atoms with Gasteiger partial charge in [0.25, 0.3) is 0 Å². The Kier molecular flexibility index (Phi) is 8.67. The molecule has 0 heterocycles. The van der Waals surface area contributed by atoms with Gasteiger partial charge in [-0.3, -0.25) is 0 Å². The molecule has 0 aliphatic rings. The molecule has 0 bridgehead atoms. The zero-order chi connectivity index (χ0) is 18.7. The van der Waals surface area contributed by atoms with Crippen LogP contribution in [0, 0.1) is 5.82 Å². The van der Waals surface area contributed by atoms with Gasteiger partial charge >= 0.3 is 11.9 Å². The zero-order valence-electron chi connectivity index (χ0n) is 13.7. The molecule has 0 radical (unpaired) electrons. The average Bonchev–Trinajstić information content (AvgIpc) is 2.61. The van der Waals surface area contributed by atoms with Crippen molar-refractivity contribution in [3.05, 3.63) is 65.5 Å². The quantitative estimate of drug-likeness (QED) is 0.547. The molecule has 0 atom stereocenters. The summed E-state index contributed by atoms with van der Waals surface area (Å²) in [5.74, 6) is -2.94. The number of carbonyl (C=O) groups is 2. The maximum absolute atomic E-state index is 12.8. The summed E-state index contributed by atoms with van der Waals surface area (Å²) in [5, 5.41) is 18.1. The minimum atomic E-state index is -1.82. The Bertz CT molecular complexity index is 676. The highest BCUT2D eigenvalue weighted by Crippen LogP contribution is 2.16. The van der Waals surface area contributed by atoms with Crippen molar-refractivity contribution in [1.82, 2.24) is 5.32 Å². The van der Waals surface area contributed by atoms with Crippen LogP contribution in [0.1, 0.15) is 11.1 Å². The standard InChI is InChI=1S/C16H18FNO.C2H2O4/c1-19-16-5-3-2-4-14(16)12-18-11-10-13-6-8-15(17)9-7-13;3-1(4)2(5)6/h2-9,18H,10-12H2,1H3;(H,3,4)(H,5,6). The van der Waals surface area contributed by atoms with E-state index in [1.54, 1.807) is 7.11 Å². The van der Waals surface area contributed by atoms with E-state index in [2.05, 4.69) is 5.32 Å². The minimum absolute atomic E-state index is 0.189. The Hall–Kier alpha value is -2.93. The minimum Gasteiger partial charge on any atom is -0.496 e. The van der Waals surface area contributed by atoms with E-state index in [0.717, 1.165) is 36.4 Å². The third-order valence-corrected chi connectivity index (χ3v) is 3.19. The van der Waals surface area contributed by atoms with Crippen LogP contribution in [0.5, 0.6) is 5.75 Å². The second-order valence-electron chi connectivity index (χ2n) is 4.98. The molecular weight excluding hydrogens is 329 g/mol. The van der Waals surface area contributed by atoms with Gasteiger partial charge in [-0.15, -0.1) is 0 Å². The van der Waals surface area contributed by atoms with Crippen LogP contribution >= 0.6 is 0 Å². The molecule has 134 valence electrons. The molecule has 0 aromatic heterocycles. The number of para-hydroxylation sites is 1. The van der Waals surface area contributed by atoms with Gasteiger partial charge in [-0.25, -0.2) is 14.0 Å². The molecule has 6 nitrogen and oxygen atoms in total. The van der Waals surface area contributed by atoms with Gasteiger partial charge in [0.15, 0.2) is 0 Å². The number of ether oxygens (including phenoxy) is 1. The molecular formula is C18H20FNO5. The molecule has 3 N–H and O–H groups in total. The number of carboxylic acids is 2. The van der Waals surface area contributed by atoms with Crippen molar-refractivity contribution < 1.29 is 28.9 Å². The summed E-state index contributed by atoms with van der Waals surface area (Å²) in [5.41, 5.74) is 2.28. The normalized spacial score (nSPS) is 9.68. The van der Waals surface area contributed by atoms with Crippen LogP contribution in [-0.4, -0.2) is 35.8 Å². The van der Waals surface area contributed by atoms with Crippen LogP contribution in [0.3, 0.4) is 0 Å². The second-order valence-corrected chi connectivity index (χ2v) is 4.98. The molecule has 0 saturated heterocycles. The van der Waals surface area contributed by atoms with Crippen LogP contribution in [0.2, 0.25) is 0 Å². The Morgan fingerprint density at radius 2 is 1.64 bits per heavy atom. The number of benzene rings is 2. The van der Waals surface area contributed by atoms with Crippen molar-refractivity contribution in [3.8, 4) is 5.75 Å². The molecule has 0 unspecified atom stereocenters. The second kappa shape index (κ2) is 10.8. The Morgan fingerprint density at radius 3 is 2.20 bits per heavy atom. The molecule has 0 aliphatic carbocycles. The highest BCUT2D eigenvalue weighted by Gasteiger charge is 2.04. The fraction of sp³-hybridized carbons (Fsp3) is 0.222. The molecule has 25 heavy (non-hydrogen) atoms. The molecule has 2 aromatic carbocycles. The lowest BCUT2D eigenvalue weighted by atomic mass is 10.1. The summed E-state index contributed by atoms with van der Waals surface area (Å²) >= 11 is 0. The highest BCUT2D eigenvalue weighted by atomic mass is 19.1. The zero-order valence-corrected chi connectivity index (χ0v) is 13.7. The largest absolute Gasteiger partial charge is 0.496 e. The molecule has 0 amide bonds. The molecule has 0 aliphatic heterocycles. The summed E-state index contributed by atoms with van der Waals surface area (Å²) in [6.45, 7) is 1.62. The maximum Gasteiger partial charge on any atom is 0.414 e. The Balaban J connectivity index is 0.000000450. The topological polar surface area (TPSA) is 95.9 Å². The van der Waals surface area contributed by atoms with Crippen LogP contribution in [-0.2, 0) is 22.6 Å². The van der Waals surface area contributed by atoms with Gasteiger partial charge in [0.2, 0.25) is 0 Å².